The van der Waals surface area contributed by atoms with Crippen molar-refractivity contribution in [3.05, 3.63) is 46.2 Å². The molecule has 106 valence electrons. The average molecular weight is 294 g/mol. The third kappa shape index (κ3) is 3.14. The van der Waals surface area contributed by atoms with Gasteiger partial charge in [-0.1, -0.05) is 6.92 Å². The first-order valence-corrected chi connectivity index (χ1v) is 7.07. The highest BCUT2D eigenvalue weighted by atomic mass is 32.1. The van der Waals surface area contributed by atoms with Crippen LogP contribution in [-0.2, 0) is 0 Å². The fourth-order valence-electron chi connectivity index (χ4n) is 1.79. The van der Waals surface area contributed by atoms with Crippen molar-refractivity contribution in [2.24, 2.45) is 0 Å². The van der Waals surface area contributed by atoms with E-state index in [-0.39, 0.29) is 23.3 Å². The first kappa shape index (κ1) is 14.5. The van der Waals surface area contributed by atoms with Gasteiger partial charge in [-0.25, -0.2) is 9.37 Å². The van der Waals surface area contributed by atoms with Crippen LogP contribution in [0.2, 0.25) is 0 Å². The van der Waals surface area contributed by atoms with Gasteiger partial charge < -0.3 is 10.1 Å². The number of methoxy groups -OCH3 is 1. The Kier molecular flexibility index (Phi) is 4.68. The highest BCUT2D eigenvalue weighted by Gasteiger charge is 2.17. The van der Waals surface area contributed by atoms with Gasteiger partial charge in [0.2, 0.25) is 0 Å². The predicted octanol–water partition coefficient (Wildman–Crippen LogP) is 3.17. The number of thiazole rings is 1. The molecule has 1 N–H and O–H groups in total. The molecule has 0 aliphatic rings. The molecule has 1 aromatic carbocycles. The molecule has 2 rings (SSSR count). The topological polar surface area (TPSA) is 51.2 Å². The zero-order valence-electron chi connectivity index (χ0n) is 11.2. The number of benzene rings is 1. The van der Waals surface area contributed by atoms with Gasteiger partial charge in [0, 0.05) is 17.1 Å². The Labute approximate surface area is 120 Å². The summed E-state index contributed by atoms with van der Waals surface area (Å²) in [5.41, 5.74) is 0.262. The van der Waals surface area contributed by atoms with Crippen LogP contribution in [0.5, 0.6) is 5.75 Å². The van der Waals surface area contributed by atoms with Crippen molar-refractivity contribution in [2.45, 2.75) is 19.4 Å². The van der Waals surface area contributed by atoms with E-state index in [2.05, 4.69) is 10.3 Å². The van der Waals surface area contributed by atoms with Crippen molar-refractivity contribution in [1.82, 2.24) is 10.3 Å². The maximum absolute atomic E-state index is 13.6. The van der Waals surface area contributed by atoms with E-state index in [0.717, 1.165) is 11.4 Å². The number of aromatic nitrogens is 1. The second-order valence-electron chi connectivity index (χ2n) is 4.15. The Hall–Kier alpha value is -1.95. The van der Waals surface area contributed by atoms with Gasteiger partial charge >= 0.3 is 0 Å². The summed E-state index contributed by atoms with van der Waals surface area (Å²) in [5, 5.41) is 5.55. The maximum Gasteiger partial charge on any atom is 0.251 e. The van der Waals surface area contributed by atoms with E-state index in [9.17, 15) is 9.18 Å². The fraction of sp³-hybridized carbons (Fsp3) is 0.286. The van der Waals surface area contributed by atoms with Crippen molar-refractivity contribution >= 4 is 17.2 Å². The lowest BCUT2D eigenvalue weighted by Crippen LogP contribution is -2.28. The fourth-order valence-corrected chi connectivity index (χ4v) is 2.57. The van der Waals surface area contributed by atoms with Crippen molar-refractivity contribution in [1.29, 1.82) is 0 Å². The zero-order chi connectivity index (χ0) is 14.5. The van der Waals surface area contributed by atoms with Gasteiger partial charge in [0.15, 0.2) is 11.6 Å². The molecule has 1 aromatic heterocycles. The summed E-state index contributed by atoms with van der Waals surface area (Å²) in [6.07, 6.45) is 2.42. The van der Waals surface area contributed by atoms with E-state index in [1.165, 1.54) is 36.6 Å². The molecule has 0 radical (unpaired) electrons. The highest BCUT2D eigenvalue weighted by Crippen LogP contribution is 2.21. The van der Waals surface area contributed by atoms with Crippen LogP contribution in [0, 0.1) is 5.82 Å². The molecule has 1 atom stereocenters. The number of carbonyl (C=O) groups excluding carboxylic acids is 1. The minimum atomic E-state index is -0.553. The summed E-state index contributed by atoms with van der Waals surface area (Å²) in [6, 6.07) is 3.98. The molecule has 0 aliphatic heterocycles. The van der Waals surface area contributed by atoms with E-state index in [1.807, 2.05) is 12.3 Å². The minimum Gasteiger partial charge on any atom is -0.494 e. The van der Waals surface area contributed by atoms with Crippen LogP contribution in [0.15, 0.2) is 29.8 Å². The molecule has 2 aromatic rings. The normalized spacial score (nSPS) is 11.9. The largest absolute Gasteiger partial charge is 0.494 e. The number of nitrogens with one attached hydrogen (secondary N) is 1. The SMILES string of the molecule is CC[C@H](NC(=O)c1ccc(OC)c(F)c1)c1nccs1. The predicted molar refractivity (Wildman–Crippen MR) is 75.6 cm³/mol. The Bertz CT molecular complexity index is 587. The second kappa shape index (κ2) is 6.47. The monoisotopic (exact) mass is 294 g/mol. The number of ether oxygens (including phenoxy) is 1. The van der Waals surface area contributed by atoms with Crippen molar-refractivity contribution in [3.63, 3.8) is 0 Å². The Morgan fingerprint density at radius 3 is 2.90 bits per heavy atom. The molecule has 0 aliphatic carbocycles. The first-order valence-electron chi connectivity index (χ1n) is 6.19. The van der Waals surface area contributed by atoms with Gasteiger partial charge in [-0.3, -0.25) is 4.79 Å². The minimum absolute atomic E-state index is 0.119. The summed E-state index contributed by atoms with van der Waals surface area (Å²) in [7, 11) is 1.38. The summed E-state index contributed by atoms with van der Waals surface area (Å²) in [6.45, 7) is 1.96. The van der Waals surface area contributed by atoms with Gasteiger partial charge in [0.25, 0.3) is 5.91 Å². The van der Waals surface area contributed by atoms with Crippen LogP contribution >= 0.6 is 11.3 Å². The number of hydrogen-bond acceptors (Lipinski definition) is 4. The Morgan fingerprint density at radius 2 is 2.35 bits per heavy atom. The molecule has 0 spiro atoms. The smallest absolute Gasteiger partial charge is 0.251 e. The number of carbonyl (C=O) groups is 1. The molecule has 6 heteroatoms. The summed E-state index contributed by atoms with van der Waals surface area (Å²) in [5.74, 6) is -0.760. The molecule has 1 heterocycles. The van der Waals surface area contributed by atoms with Crippen molar-refractivity contribution in [3.8, 4) is 5.75 Å². The highest BCUT2D eigenvalue weighted by molar-refractivity contribution is 7.09. The van der Waals surface area contributed by atoms with Crippen LogP contribution in [0.25, 0.3) is 0 Å². The van der Waals surface area contributed by atoms with Gasteiger partial charge in [0.1, 0.15) is 5.01 Å². The van der Waals surface area contributed by atoms with Crippen LogP contribution in [0.3, 0.4) is 0 Å². The van der Waals surface area contributed by atoms with Crippen LogP contribution in [0.4, 0.5) is 4.39 Å². The maximum atomic E-state index is 13.6. The molecule has 0 saturated carbocycles. The Balaban J connectivity index is 2.13. The standard InChI is InChI=1S/C14H15FN2O2S/c1-3-11(14-16-6-7-20-14)17-13(18)9-4-5-12(19-2)10(15)8-9/h4-8,11H,3H2,1-2H3,(H,17,18)/t11-/m0/s1. The third-order valence-electron chi connectivity index (χ3n) is 2.88. The number of rotatable bonds is 5. The summed E-state index contributed by atoms with van der Waals surface area (Å²) >= 11 is 1.48. The van der Waals surface area contributed by atoms with E-state index in [1.54, 1.807) is 6.20 Å². The Morgan fingerprint density at radius 1 is 1.55 bits per heavy atom. The number of nitrogens with zero attached hydrogens (tertiary/aromatic N) is 1. The van der Waals surface area contributed by atoms with E-state index >= 15 is 0 Å². The summed E-state index contributed by atoms with van der Waals surface area (Å²) < 4.78 is 18.4. The van der Waals surface area contributed by atoms with Crippen molar-refractivity contribution < 1.29 is 13.9 Å². The van der Waals surface area contributed by atoms with Crippen LogP contribution in [0.1, 0.15) is 34.8 Å². The lowest BCUT2D eigenvalue weighted by molar-refractivity contribution is 0.0935. The van der Waals surface area contributed by atoms with Crippen LogP contribution < -0.4 is 10.1 Å². The number of hydrogen-bond donors (Lipinski definition) is 1. The van der Waals surface area contributed by atoms with Gasteiger partial charge in [0.05, 0.1) is 13.2 Å². The zero-order valence-corrected chi connectivity index (χ0v) is 12.0. The molecular weight excluding hydrogens is 279 g/mol. The number of halogens is 1. The quantitative estimate of drug-likeness (QED) is 0.921. The third-order valence-corrected chi connectivity index (χ3v) is 3.77. The molecule has 0 saturated heterocycles. The molecular formula is C14H15FN2O2S. The number of amides is 1. The van der Waals surface area contributed by atoms with E-state index in [0.29, 0.717) is 0 Å². The average Bonchev–Trinajstić information content (AvgIpc) is 2.98. The second-order valence-corrected chi connectivity index (χ2v) is 5.08. The van der Waals surface area contributed by atoms with E-state index in [4.69, 9.17) is 4.74 Å². The lowest BCUT2D eigenvalue weighted by atomic mass is 10.1. The van der Waals surface area contributed by atoms with Crippen LogP contribution in [-0.4, -0.2) is 18.0 Å². The first-order chi connectivity index (χ1) is 9.65. The lowest BCUT2D eigenvalue weighted by Gasteiger charge is -2.14. The summed E-state index contributed by atoms with van der Waals surface area (Å²) in [4.78, 5) is 16.3. The van der Waals surface area contributed by atoms with Gasteiger partial charge in [-0.2, -0.15) is 0 Å². The molecule has 0 bridgehead atoms. The van der Waals surface area contributed by atoms with E-state index < -0.39 is 5.82 Å². The van der Waals surface area contributed by atoms with Gasteiger partial charge in [-0.15, -0.1) is 11.3 Å². The molecule has 0 fully saturated rings. The molecule has 4 nitrogen and oxygen atoms in total. The molecule has 20 heavy (non-hydrogen) atoms. The van der Waals surface area contributed by atoms with Gasteiger partial charge in [-0.05, 0) is 24.6 Å². The molecule has 1 amide bonds. The van der Waals surface area contributed by atoms with Crippen molar-refractivity contribution in [2.75, 3.05) is 7.11 Å². The molecule has 0 unspecified atom stereocenters.